The van der Waals surface area contributed by atoms with Gasteiger partial charge < -0.3 is 10.6 Å². The van der Waals surface area contributed by atoms with Crippen molar-refractivity contribution >= 4 is 17.8 Å². The second-order valence-corrected chi connectivity index (χ2v) is 2.23. The summed E-state index contributed by atoms with van der Waals surface area (Å²) in [5.74, 6) is 0. The van der Waals surface area contributed by atoms with Crippen LogP contribution in [0.15, 0.2) is 11.6 Å². The van der Waals surface area contributed by atoms with Crippen LogP contribution in [0.25, 0.3) is 0 Å². The first-order chi connectivity index (χ1) is 4.20. The lowest BCUT2D eigenvalue weighted by Crippen LogP contribution is -2.30. The molecule has 0 fully saturated rings. The van der Waals surface area contributed by atoms with Crippen LogP contribution >= 0.6 is 11.8 Å². The van der Waals surface area contributed by atoms with Gasteiger partial charge in [0.15, 0.2) is 0 Å². The van der Waals surface area contributed by atoms with Gasteiger partial charge in [-0.2, -0.15) is 0 Å². The number of hydrogen-bond donors (Lipinski definition) is 2. The molecule has 52 valence electrons. The average Bonchev–Trinajstić information content (AvgIpc) is 1.87. The first-order valence-corrected chi connectivity index (χ1v) is 3.64. The van der Waals surface area contributed by atoms with Gasteiger partial charge in [-0.25, -0.2) is 4.79 Å². The van der Waals surface area contributed by atoms with E-state index in [0.29, 0.717) is 5.03 Å². The van der Waals surface area contributed by atoms with Gasteiger partial charge in [-0.15, -0.1) is 11.8 Å². The molecule has 0 aromatic heterocycles. The van der Waals surface area contributed by atoms with Crippen molar-refractivity contribution in [2.45, 2.75) is 0 Å². The lowest BCUT2D eigenvalue weighted by molar-refractivity contribution is 0.246. The van der Waals surface area contributed by atoms with Crippen LogP contribution in [0.2, 0.25) is 0 Å². The van der Waals surface area contributed by atoms with Gasteiger partial charge in [-0.05, 0) is 6.26 Å². The number of urea groups is 1. The summed E-state index contributed by atoms with van der Waals surface area (Å²) < 4.78 is 0. The van der Waals surface area contributed by atoms with Crippen molar-refractivity contribution in [3.63, 3.8) is 0 Å². The van der Waals surface area contributed by atoms with Crippen molar-refractivity contribution in [1.29, 1.82) is 0 Å². The minimum Gasteiger partial charge on any atom is -0.341 e. The van der Waals surface area contributed by atoms with Gasteiger partial charge in [0.1, 0.15) is 0 Å². The van der Waals surface area contributed by atoms with Crippen LogP contribution in [0.3, 0.4) is 0 Å². The fourth-order valence-electron chi connectivity index (χ4n) is 0.240. The molecule has 3 nitrogen and oxygen atoms in total. The maximum atomic E-state index is 10.5. The Hall–Kier alpha value is -0.640. The lowest BCUT2D eigenvalue weighted by Gasteiger charge is -2.02. The van der Waals surface area contributed by atoms with E-state index in [1.807, 2.05) is 6.26 Å². The molecule has 0 unspecified atom stereocenters. The maximum Gasteiger partial charge on any atom is 0.319 e. The second-order valence-electron chi connectivity index (χ2n) is 1.33. The average molecular weight is 146 g/mol. The van der Waals surface area contributed by atoms with E-state index in [4.69, 9.17) is 0 Å². The molecule has 9 heavy (non-hydrogen) atoms. The molecule has 0 aromatic carbocycles. The fourth-order valence-corrected chi connectivity index (χ4v) is 0.435. The molecule has 0 spiro atoms. The Morgan fingerprint density at radius 1 is 1.67 bits per heavy atom. The first kappa shape index (κ1) is 8.36. The van der Waals surface area contributed by atoms with Crippen molar-refractivity contribution in [3.05, 3.63) is 11.6 Å². The highest BCUT2D eigenvalue weighted by atomic mass is 32.2. The Morgan fingerprint density at radius 3 is 2.56 bits per heavy atom. The number of hydrogen-bond acceptors (Lipinski definition) is 2. The highest BCUT2D eigenvalue weighted by Crippen LogP contribution is 2.01. The van der Waals surface area contributed by atoms with Crippen LogP contribution in [0.4, 0.5) is 4.79 Å². The Morgan fingerprint density at radius 2 is 2.22 bits per heavy atom. The van der Waals surface area contributed by atoms with Crippen LogP contribution in [0.5, 0.6) is 0 Å². The Bertz CT molecular complexity index is 110. The number of rotatable bonds is 2. The van der Waals surface area contributed by atoms with Crippen molar-refractivity contribution in [2.75, 3.05) is 13.3 Å². The number of carbonyl (C=O) groups is 1. The van der Waals surface area contributed by atoms with E-state index in [2.05, 4.69) is 17.2 Å². The summed E-state index contributed by atoms with van der Waals surface area (Å²) in [5.41, 5.74) is 0. The highest BCUT2D eigenvalue weighted by Gasteiger charge is 1.94. The number of carbonyl (C=O) groups excluding carboxylic acids is 1. The SMILES string of the molecule is C=C(NC(=O)NC)SC. The smallest absolute Gasteiger partial charge is 0.319 e. The van der Waals surface area contributed by atoms with Gasteiger partial charge in [-0.3, -0.25) is 0 Å². The third-order valence-electron chi connectivity index (χ3n) is 0.726. The molecule has 0 atom stereocenters. The quantitative estimate of drug-likeness (QED) is 0.603. The summed E-state index contributed by atoms with van der Waals surface area (Å²) in [4.78, 5) is 10.5. The molecule has 0 saturated carbocycles. The third kappa shape index (κ3) is 3.90. The maximum absolute atomic E-state index is 10.5. The van der Waals surface area contributed by atoms with Crippen LogP contribution < -0.4 is 10.6 Å². The van der Waals surface area contributed by atoms with Crippen molar-refractivity contribution in [3.8, 4) is 0 Å². The third-order valence-corrected chi connectivity index (χ3v) is 1.32. The molecule has 2 N–H and O–H groups in total. The van der Waals surface area contributed by atoms with E-state index in [1.54, 1.807) is 7.05 Å². The zero-order chi connectivity index (χ0) is 7.28. The van der Waals surface area contributed by atoms with E-state index in [9.17, 15) is 4.79 Å². The van der Waals surface area contributed by atoms with Gasteiger partial charge in [0.2, 0.25) is 0 Å². The molecule has 0 rings (SSSR count). The summed E-state index contributed by atoms with van der Waals surface area (Å²) in [6, 6.07) is -0.227. The first-order valence-electron chi connectivity index (χ1n) is 2.42. The van der Waals surface area contributed by atoms with Crippen molar-refractivity contribution in [2.24, 2.45) is 0 Å². The molecule has 0 aliphatic carbocycles. The Kier molecular flexibility index (Phi) is 3.96. The molecular formula is C5H10N2OS. The van der Waals surface area contributed by atoms with E-state index >= 15 is 0 Å². The summed E-state index contributed by atoms with van der Waals surface area (Å²) in [6.45, 7) is 3.55. The molecule has 0 aliphatic heterocycles. The zero-order valence-electron chi connectivity index (χ0n) is 5.52. The van der Waals surface area contributed by atoms with Crippen LogP contribution in [0.1, 0.15) is 0 Å². The standard InChI is InChI=1S/C5H10N2OS/c1-4(9-3)7-5(8)6-2/h1H2,2-3H3,(H2,6,7,8). The van der Waals surface area contributed by atoms with Crippen LogP contribution in [0, 0.1) is 0 Å². The Labute approximate surface area is 58.9 Å². The molecule has 0 bridgehead atoms. The molecule has 0 aromatic rings. The lowest BCUT2D eigenvalue weighted by atomic mass is 10.9. The fraction of sp³-hybridized carbons (Fsp3) is 0.400. The van der Waals surface area contributed by atoms with Gasteiger partial charge >= 0.3 is 6.03 Å². The topological polar surface area (TPSA) is 41.1 Å². The van der Waals surface area contributed by atoms with E-state index < -0.39 is 0 Å². The zero-order valence-corrected chi connectivity index (χ0v) is 6.34. The predicted octanol–water partition coefficient (Wildman–Crippen LogP) is 0.750. The minimum absolute atomic E-state index is 0.227. The van der Waals surface area contributed by atoms with E-state index in [1.165, 1.54) is 11.8 Å². The van der Waals surface area contributed by atoms with E-state index in [0.717, 1.165) is 0 Å². The molecular weight excluding hydrogens is 136 g/mol. The molecule has 2 amide bonds. The van der Waals surface area contributed by atoms with E-state index in [-0.39, 0.29) is 6.03 Å². The predicted molar refractivity (Wildman–Crippen MR) is 40.2 cm³/mol. The minimum atomic E-state index is -0.227. The van der Waals surface area contributed by atoms with Crippen LogP contribution in [-0.4, -0.2) is 19.3 Å². The molecule has 4 heteroatoms. The summed E-state index contributed by atoms with van der Waals surface area (Å²) >= 11 is 1.40. The summed E-state index contributed by atoms with van der Waals surface area (Å²) in [7, 11) is 1.56. The number of amides is 2. The largest absolute Gasteiger partial charge is 0.341 e. The molecule has 0 heterocycles. The number of thioether (sulfide) groups is 1. The molecule has 0 aliphatic rings. The molecule has 0 saturated heterocycles. The highest BCUT2D eigenvalue weighted by molar-refractivity contribution is 8.02. The summed E-state index contributed by atoms with van der Waals surface area (Å²) in [5, 5.41) is 5.55. The number of nitrogens with one attached hydrogen (secondary N) is 2. The van der Waals surface area contributed by atoms with Crippen LogP contribution in [-0.2, 0) is 0 Å². The van der Waals surface area contributed by atoms with Gasteiger partial charge in [0.25, 0.3) is 0 Å². The molecule has 0 radical (unpaired) electrons. The van der Waals surface area contributed by atoms with Gasteiger partial charge in [-0.1, -0.05) is 6.58 Å². The van der Waals surface area contributed by atoms with Gasteiger partial charge in [0.05, 0.1) is 5.03 Å². The van der Waals surface area contributed by atoms with Crippen molar-refractivity contribution in [1.82, 2.24) is 10.6 Å². The monoisotopic (exact) mass is 146 g/mol. The van der Waals surface area contributed by atoms with Gasteiger partial charge in [0, 0.05) is 7.05 Å². The van der Waals surface area contributed by atoms with Crippen molar-refractivity contribution < 1.29 is 4.79 Å². The Balaban J connectivity index is 3.47. The normalized spacial score (nSPS) is 8.22. The summed E-state index contributed by atoms with van der Waals surface area (Å²) in [6.07, 6.45) is 1.85. The second kappa shape index (κ2) is 4.26.